The molecule has 0 amide bonds. The molecule has 17 heavy (non-hydrogen) atoms. The Labute approximate surface area is 101 Å². The number of rotatable bonds is 2. The molecule has 0 spiro atoms. The summed E-state index contributed by atoms with van der Waals surface area (Å²) >= 11 is 0. The maximum absolute atomic E-state index is 11.6. The minimum atomic E-state index is -0.0146. The number of hydrogen-bond donors (Lipinski definition) is 0. The fourth-order valence-electron chi connectivity index (χ4n) is 1.64. The Balaban J connectivity index is 2.49. The lowest BCUT2D eigenvalue weighted by atomic mass is 10.1. The van der Waals surface area contributed by atoms with E-state index >= 15 is 0 Å². The van der Waals surface area contributed by atoms with Gasteiger partial charge in [-0.1, -0.05) is 19.9 Å². The molecule has 0 aliphatic heterocycles. The molecule has 0 saturated carbocycles. The normalized spacial score (nSPS) is 10.8. The number of hydrogen-bond acceptors (Lipinski definition) is 2. The van der Waals surface area contributed by atoms with Crippen LogP contribution < -0.4 is 5.56 Å². The molecule has 2 heterocycles. The molecular formula is C14H16N2O. The lowest BCUT2D eigenvalue weighted by Crippen LogP contribution is -2.14. The minimum Gasteiger partial charge on any atom is -0.319 e. The molecule has 2 aromatic heterocycles. The average molecular weight is 228 g/mol. The molecule has 0 aliphatic rings. The molecule has 0 saturated heterocycles. The zero-order chi connectivity index (χ0) is 12.4. The second kappa shape index (κ2) is 4.53. The molecule has 0 unspecified atom stereocenters. The third-order valence-corrected chi connectivity index (χ3v) is 2.76. The van der Waals surface area contributed by atoms with Gasteiger partial charge in [0.05, 0.1) is 5.69 Å². The zero-order valence-corrected chi connectivity index (χ0v) is 10.3. The van der Waals surface area contributed by atoms with Gasteiger partial charge in [-0.15, -0.1) is 0 Å². The van der Waals surface area contributed by atoms with E-state index in [0.29, 0.717) is 5.92 Å². The summed E-state index contributed by atoms with van der Waals surface area (Å²) < 4.78 is 1.55. The first-order valence-electron chi connectivity index (χ1n) is 5.72. The van der Waals surface area contributed by atoms with Crippen LogP contribution in [0.5, 0.6) is 0 Å². The van der Waals surface area contributed by atoms with Gasteiger partial charge in [0.1, 0.15) is 0 Å². The molecule has 0 aliphatic carbocycles. The van der Waals surface area contributed by atoms with Crippen LogP contribution in [-0.4, -0.2) is 9.55 Å². The first kappa shape index (κ1) is 11.6. The summed E-state index contributed by atoms with van der Waals surface area (Å²) in [4.78, 5) is 16.1. The highest BCUT2D eigenvalue weighted by Gasteiger charge is 2.04. The van der Waals surface area contributed by atoms with Crippen molar-refractivity contribution >= 4 is 0 Å². The Morgan fingerprint density at radius 2 is 2.00 bits per heavy atom. The summed E-state index contributed by atoms with van der Waals surface area (Å²) in [5, 5.41) is 0. The summed E-state index contributed by atoms with van der Waals surface area (Å²) in [6, 6.07) is 9.45. The van der Waals surface area contributed by atoms with Crippen LogP contribution in [0.4, 0.5) is 0 Å². The van der Waals surface area contributed by atoms with Gasteiger partial charge in [-0.2, -0.15) is 0 Å². The van der Waals surface area contributed by atoms with Gasteiger partial charge in [-0.3, -0.25) is 9.78 Å². The van der Waals surface area contributed by atoms with Crippen LogP contribution in [-0.2, 0) is 7.05 Å². The lowest BCUT2D eigenvalue weighted by Gasteiger charge is -2.07. The Morgan fingerprint density at radius 3 is 2.65 bits per heavy atom. The Hall–Kier alpha value is -1.90. The van der Waals surface area contributed by atoms with Crippen LogP contribution in [0.3, 0.4) is 0 Å². The standard InChI is InChI=1S/C14H16N2O/c1-10(2)12-5-4-6-13(15-12)11-7-8-16(3)14(17)9-11/h4-10H,1-3H3. The molecule has 0 aromatic carbocycles. The van der Waals surface area contributed by atoms with E-state index in [2.05, 4.69) is 18.8 Å². The average Bonchev–Trinajstić information content (AvgIpc) is 2.33. The number of pyridine rings is 2. The van der Waals surface area contributed by atoms with Gasteiger partial charge in [0.15, 0.2) is 0 Å². The first-order valence-corrected chi connectivity index (χ1v) is 5.72. The summed E-state index contributed by atoms with van der Waals surface area (Å²) in [5.41, 5.74) is 2.76. The maximum Gasteiger partial charge on any atom is 0.250 e. The molecule has 2 aromatic rings. The third kappa shape index (κ3) is 2.44. The molecule has 2 rings (SSSR count). The molecule has 0 atom stereocenters. The molecule has 0 bridgehead atoms. The Morgan fingerprint density at radius 1 is 1.24 bits per heavy atom. The van der Waals surface area contributed by atoms with Crippen molar-refractivity contribution in [2.75, 3.05) is 0 Å². The topological polar surface area (TPSA) is 34.9 Å². The van der Waals surface area contributed by atoms with Gasteiger partial charge in [0.2, 0.25) is 0 Å². The molecule has 88 valence electrons. The van der Waals surface area contributed by atoms with E-state index in [9.17, 15) is 4.79 Å². The summed E-state index contributed by atoms with van der Waals surface area (Å²) in [6.07, 6.45) is 1.77. The number of nitrogens with zero attached hydrogens (tertiary/aromatic N) is 2. The van der Waals surface area contributed by atoms with E-state index in [-0.39, 0.29) is 5.56 Å². The van der Waals surface area contributed by atoms with Gasteiger partial charge in [0, 0.05) is 30.6 Å². The second-order valence-electron chi connectivity index (χ2n) is 4.47. The van der Waals surface area contributed by atoms with Crippen molar-refractivity contribution in [3.05, 3.63) is 52.6 Å². The monoisotopic (exact) mass is 228 g/mol. The predicted octanol–water partition coefficient (Wildman–Crippen LogP) is 2.57. The van der Waals surface area contributed by atoms with E-state index in [1.807, 2.05) is 24.3 Å². The number of aromatic nitrogens is 2. The second-order valence-corrected chi connectivity index (χ2v) is 4.47. The van der Waals surface area contributed by atoms with Gasteiger partial charge >= 0.3 is 0 Å². The van der Waals surface area contributed by atoms with Crippen molar-refractivity contribution < 1.29 is 0 Å². The highest BCUT2D eigenvalue weighted by atomic mass is 16.1. The van der Waals surface area contributed by atoms with Crippen LogP contribution in [0.1, 0.15) is 25.5 Å². The van der Waals surface area contributed by atoms with Gasteiger partial charge in [-0.25, -0.2) is 0 Å². The maximum atomic E-state index is 11.6. The molecule has 3 heteroatoms. The molecule has 0 fully saturated rings. The fourth-order valence-corrected chi connectivity index (χ4v) is 1.64. The van der Waals surface area contributed by atoms with E-state index < -0.39 is 0 Å². The van der Waals surface area contributed by atoms with Crippen LogP contribution in [0.2, 0.25) is 0 Å². The van der Waals surface area contributed by atoms with Crippen molar-refractivity contribution in [1.82, 2.24) is 9.55 Å². The first-order chi connectivity index (χ1) is 8.08. The summed E-state index contributed by atoms with van der Waals surface area (Å²) in [6.45, 7) is 4.21. The Kier molecular flexibility index (Phi) is 3.09. The quantitative estimate of drug-likeness (QED) is 0.791. The third-order valence-electron chi connectivity index (χ3n) is 2.76. The predicted molar refractivity (Wildman–Crippen MR) is 69.0 cm³/mol. The van der Waals surface area contributed by atoms with Crippen LogP contribution in [0.15, 0.2) is 41.3 Å². The van der Waals surface area contributed by atoms with Crippen LogP contribution >= 0.6 is 0 Å². The highest BCUT2D eigenvalue weighted by molar-refractivity contribution is 5.58. The van der Waals surface area contributed by atoms with E-state index in [0.717, 1.165) is 17.0 Å². The van der Waals surface area contributed by atoms with Gasteiger partial charge in [0.25, 0.3) is 5.56 Å². The number of aryl methyl sites for hydroxylation is 1. The van der Waals surface area contributed by atoms with Crippen molar-refractivity contribution in [3.63, 3.8) is 0 Å². The highest BCUT2D eigenvalue weighted by Crippen LogP contribution is 2.18. The van der Waals surface area contributed by atoms with Crippen molar-refractivity contribution in [2.45, 2.75) is 19.8 Å². The molecule has 0 N–H and O–H groups in total. The van der Waals surface area contributed by atoms with E-state index in [1.165, 1.54) is 0 Å². The smallest absolute Gasteiger partial charge is 0.250 e. The fraction of sp³-hybridized carbons (Fsp3) is 0.286. The van der Waals surface area contributed by atoms with Crippen molar-refractivity contribution in [3.8, 4) is 11.3 Å². The summed E-state index contributed by atoms with van der Waals surface area (Å²) in [7, 11) is 1.74. The zero-order valence-electron chi connectivity index (χ0n) is 10.3. The largest absolute Gasteiger partial charge is 0.319 e. The van der Waals surface area contributed by atoms with Crippen LogP contribution in [0.25, 0.3) is 11.3 Å². The van der Waals surface area contributed by atoms with Crippen LogP contribution in [0, 0.1) is 0 Å². The molecule has 0 radical (unpaired) electrons. The van der Waals surface area contributed by atoms with Gasteiger partial charge < -0.3 is 4.57 Å². The van der Waals surface area contributed by atoms with Crippen molar-refractivity contribution in [1.29, 1.82) is 0 Å². The minimum absolute atomic E-state index is 0.0146. The van der Waals surface area contributed by atoms with Gasteiger partial charge in [-0.05, 0) is 24.1 Å². The van der Waals surface area contributed by atoms with E-state index in [4.69, 9.17) is 0 Å². The SMILES string of the molecule is CC(C)c1cccc(-c2ccn(C)c(=O)c2)n1. The summed E-state index contributed by atoms with van der Waals surface area (Å²) in [5.74, 6) is 0.390. The lowest BCUT2D eigenvalue weighted by molar-refractivity contribution is 0.823. The molecular weight excluding hydrogens is 212 g/mol. The Bertz CT molecular complexity index is 585. The molecule has 3 nitrogen and oxygen atoms in total. The van der Waals surface area contributed by atoms with Crippen molar-refractivity contribution in [2.24, 2.45) is 7.05 Å². The van der Waals surface area contributed by atoms with E-state index in [1.54, 1.807) is 23.9 Å².